The standard InChI is InChI=1S/C12H25O2/c1-5-8-9-12(6-2)10-14-11(4)13-7-3/h11-12H,3,5-10H2,1-2,4H3. The third kappa shape index (κ3) is 7.34. The molecular weight excluding hydrogens is 176 g/mol. The molecule has 2 nitrogen and oxygen atoms in total. The molecule has 0 heterocycles. The summed E-state index contributed by atoms with van der Waals surface area (Å²) in [6, 6.07) is 0. The van der Waals surface area contributed by atoms with Crippen LogP contribution in [0.15, 0.2) is 0 Å². The van der Waals surface area contributed by atoms with Gasteiger partial charge in [0.2, 0.25) is 0 Å². The number of ether oxygens (including phenoxy) is 2. The van der Waals surface area contributed by atoms with Gasteiger partial charge in [-0.1, -0.05) is 33.1 Å². The minimum atomic E-state index is -0.108. The van der Waals surface area contributed by atoms with Crippen molar-refractivity contribution in [1.29, 1.82) is 0 Å². The second kappa shape index (κ2) is 9.47. The first-order chi connectivity index (χ1) is 6.74. The zero-order chi connectivity index (χ0) is 10.8. The Balaban J connectivity index is 3.50. The molecule has 0 aliphatic carbocycles. The van der Waals surface area contributed by atoms with E-state index in [1.54, 1.807) is 0 Å². The third-order valence-corrected chi connectivity index (χ3v) is 2.46. The van der Waals surface area contributed by atoms with Gasteiger partial charge in [-0.3, -0.25) is 0 Å². The molecule has 0 amide bonds. The number of unbranched alkanes of at least 4 members (excludes halogenated alkanes) is 1. The third-order valence-electron chi connectivity index (χ3n) is 2.46. The summed E-state index contributed by atoms with van der Waals surface area (Å²) >= 11 is 0. The maximum Gasteiger partial charge on any atom is 0.154 e. The molecule has 0 rings (SSSR count). The quantitative estimate of drug-likeness (QED) is 0.532. The van der Waals surface area contributed by atoms with Crippen molar-refractivity contribution in [2.24, 2.45) is 5.92 Å². The molecule has 0 bridgehead atoms. The Morgan fingerprint density at radius 3 is 2.43 bits per heavy atom. The van der Waals surface area contributed by atoms with Crippen molar-refractivity contribution in [2.75, 3.05) is 13.2 Å². The lowest BCUT2D eigenvalue weighted by Crippen LogP contribution is -2.18. The predicted molar refractivity (Wildman–Crippen MR) is 60.0 cm³/mol. The maximum atomic E-state index is 5.57. The fraction of sp³-hybridized carbons (Fsp3) is 0.917. The molecule has 0 aliphatic rings. The van der Waals surface area contributed by atoms with Gasteiger partial charge in [0.1, 0.15) is 0 Å². The molecule has 0 aliphatic heterocycles. The van der Waals surface area contributed by atoms with E-state index in [0.717, 1.165) is 6.61 Å². The van der Waals surface area contributed by atoms with E-state index >= 15 is 0 Å². The summed E-state index contributed by atoms with van der Waals surface area (Å²) in [5.41, 5.74) is 0. The molecule has 0 aromatic heterocycles. The molecular formula is C12H25O2. The van der Waals surface area contributed by atoms with Crippen LogP contribution in [0, 0.1) is 12.8 Å². The molecule has 14 heavy (non-hydrogen) atoms. The lowest BCUT2D eigenvalue weighted by atomic mass is 10.0. The van der Waals surface area contributed by atoms with E-state index in [2.05, 4.69) is 20.8 Å². The SMILES string of the molecule is [CH2]COC(C)OCC(CC)CCCC. The highest BCUT2D eigenvalue weighted by atomic mass is 16.7. The lowest BCUT2D eigenvalue weighted by Gasteiger charge is -2.18. The largest absolute Gasteiger partial charge is 0.353 e. The van der Waals surface area contributed by atoms with Crippen LogP contribution >= 0.6 is 0 Å². The monoisotopic (exact) mass is 201 g/mol. The average Bonchev–Trinajstić information content (AvgIpc) is 2.19. The summed E-state index contributed by atoms with van der Waals surface area (Å²) in [5.74, 6) is 0.686. The Labute approximate surface area is 89.0 Å². The van der Waals surface area contributed by atoms with Crippen molar-refractivity contribution >= 4 is 0 Å². The highest BCUT2D eigenvalue weighted by molar-refractivity contribution is 4.56. The highest BCUT2D eigenvalue weighted by Gasteiger charge is 2.08. The fourth-order valence-electron chi connectivity index (χ4n) is 1.38. The van der Waals surface area contributed by atoms with Crippen molar-refractivity contribution in [1.82, 2.24) is 0 Å². The molecule has 0 spiro atoms. The molecule has 85 valence electrons. The van der Waals surface area contributed by atoms with Gasteiger partial charge in [-0.15, -0.1) is 0 Å². The topological polar surface area (TPSA) is 18.5 Å². The molecule has 0 fully saturated rings. The van der Waals surface area contributed by atoms with Gasteiger partial charge in [-0.05, 0) is 26.2 Å². The van der Waals surface area contributed by atoms with E-state index < -0.39 is 0 Å². The first-order valence-corrected chi connectivity index (χ1v) is 5.77. The second-order valence-electron chi connectivity index (χ2n) is 3.69. The van der Waals surface area contributed by atoms with Gasteiger partial charge in [0.25, 0.3) is 0 Å². The van der Waals surface area contributed by atoms with E-state index in [4.69, 9.17) is 9.47 Å². The Bertz CT molecular complexity index is 115. The Morgan fingerprint density at radius 1 is 1.21 bits per heavy atom. The van der Waals surface area contributed by atoms with Crippen molar-refractivity contribution in [3.63, 3.8) is 0 Å². The minimum absolute atomic E-state index is 0.108. The Kier molecular flexibility index (Phi) is 9.42. The lowest BCUT2D eigenvalue weighted by molar-refractivity contribution is -0.132. The van der Waals surface area contributed by atoms with Crippen molar-refractivity contribution in [3.8, 4) is 0 Å². The summed E-state index contributed by atoms with van der Waals surface area (Å²) < 4.78 is 10.8. The van der Waals surface area contributed by atoms with Crippen LogP contribution in [0.25, 0.3) is 0 Å². The van der Waals surface area contributed by atoms with Gasteiger partial charge in [-0.2, -0.15) is 0 Å². The molecule has 0 aromatic rings. The summed E-state index contributed by atoms with van der Waals surface area (Å²) in [5, 5.41) is 0. The summed E-state index contributed by atoms with van der Waals surface area (Å²) in [4.78, 5) is 0. The van der Waals surface area contributed by atoms with Gasteiger partial charge in [0, 0.05) is 6.61 Å². The van der Waals surface area contributed by atoms with Crippen LogP contribution in [0.5, 0.6) is 0 Å². The van der Waals surface area contributed by atoms with Gasteiger partial charge >= 0.3 is 0 Å². The van der Waals surface area contributed by atoms with Crippen LogP contribution in [0.4, 0.5) is 0 Å². The molecule has 2 unspecified atom stereocenters. The fourth-order valence-corrected chi connectivity index (χ4v) is 1.38. The average molecular weight is 201 g/mol. The van der Waals surface area contributed by atoms with E-state index in [0.29, 0.717) is 12.5 Å². The normalized spacial score (nSPS) is 15.4. The van der Waals surface area contributed by atoms with E-state index in [9.17, 15) is 0 Å². The second-order valence-corrected chi connectivity index (χ2v) is 3.69. The molecule has 0 aromatic carbocycles. The smallest absolute Gasteiger partial charge is 0.154 e. The molecule has 0 N–H and O–H groups in total. The first kappa shape index (κ1) is 13.9. The Morgan fingerprint density at radius 2 is 1.93 bits per heavy atom. The van der Waals surface area contributed by atoms with Crippen LogP contribution in [0.3, 0.4) is 0 Å². The van der Waals surface area contributed by atoms with E-state index in [1.807, 2.05) is 6.92 Å². The molecule has 0 saturated carbocycles. The van der Waals surface area contributed by atoms with Crippen LogP contribution in [-0.4, -0.2) is 19.5 Å². The summed E-state index contributed by atoms with van der Waals surface area (Å²) in [6.45, 7) is 11.3. The summed E-state index contributed by atoms with van der Waals surface area (Å²) in [6.07, 6.45) is 4.91. The van der Waals surface area contributed by atoms with Crippen molar-refractivity contribution < 1.29 is 9.47 Å². The van der Waals surface area contributed by atoms with E-state index in [1.165, 1.54) is 25.7 Å². The predicted octanol–water partition coefficient (Wildman–Crippen LogP) is 3.42. The highest BCUT2D eigenvalue weighted by Crippen LogP contribution is 2.13. The number of hydrogen-bond donors (Lipinski definition) is 0. The molecule has 2 heteroatoms. The molecule has 1 radical (unpaired) electrons. The van der Waals surface area contributed by atoms with Crippen LogP contribution < -0.4 is 0 Å². The number of rotatable bonds is 9. The van der Waals surface area contributed by atoms with Crippen LogP contribution in [0.2, 0.25) is 0 Å². The van der Waals surface area contributed by atoms with Crippen LogP contribution in [0.1, 0.15) is 46.5 Å². The van der Waals surface area contributed by atoms with Crippen LogP contribution in [-0.2, 0) is 9.47 Å². The van der Waals surface area contributed by atoms with E-state index in [-0.39, 0.29) is 6.29 Å². The molecule has 2 atom stereocenters. The zero-order valence-corrected chi connectivity index (χ0v) is 9.92. The van der Waals surface area contributed by atoms with Crippen molar-refractivity contribution in [2.45, 2.75) is 52.7 Å². The maximum absolute atomic E-state index is 5.57. The first-order valence-electron chi connectivity index (χ1n) is 5.77. The Hall–Kier alpha value is -0.0800. The van der Waals surface area contributed by atoms with Gasteiger partial charge < -0.3 is 9.47 Å². The molecule has 0 saturated heterocycles. The van der Waals surface area contributed by atoms with Gasteiger partial charge in [-0.25, -0.2) is 0 Å². The van der Waals surface area contributed by atoms with Crippen molar-refractivity contribution in [3.05, 3.63) is 6.92 Å². The number of hydrogen-bond acceptors (Lipinski definition) is 2. The van der Waals surface area contributed by atoms with Gasteiger partial charge in [0.05, 0.1) is 6.61 Å². The van der Waals surface area contributed by atoms with Gasteiger partial charge in [0.15, 0.2) is 6.29 Å². The minimum Gasteiger partial charge on any atom is -0.353 e. The zero-order valence-electron chi connectivity index (χ0n) is 9.92. The summed E-state index contributed by atoms with van der Waals surface area (Å²) in [7, 11) is 0.